The lowest BCUT2D eigenvalue weighted by atomic mass is 10.1. The number of rotatable bonds is 6. The molecule has 0 atom stereocenters. The lowest BCUT2D eigenvalue weighted by Gasteiger charge is -2.25. The number of nitrogens with one attached hydrogen (secondary N) is 1. The first kappa shape index (κ1) is 17.3. The molecule has 0 spiro atoms. The Morgan fingerprint density at radius 3 is 2.48 bits per heavy atom. The van der Waals surface area contributed by atoms with Crippen LogP contribution >= 0.6 is 0 Å². The molecule has 0 heterocycles. The first-order valence-corrected chi connectivity index (χ1v) is 6.85. The fourth-order valence-electron chi connectivity index (χ4n) is 1.96. The molecule has 0 saturated carbocycles. The quantitative estimate of drug-likeness (QED) is 0.874. The highest BCUT2D eigenvalue weighted by atomic mass is 19.4. The summed E-state index contributed by atoms with van der Waals surface area (Å²) in [5.74, 6) is 0. The maximum absolute atomic E-state index is 12.6. The second-order valence-corrected chi connectivity index (χ2v) is 5.13. The van der Waals surface area contributed by atoms with Crippen LogP contribution in [0.2, 0.25) is 0 Å². The van der Waals surface area contributed by atoms with Crippen LogP contribution in [0.1, 0.15) is 31.9 Å². The van der Waals surface area contributed by atoms with Gasteiger partial charge in [0.25, 0.3) is 0 Å². The highest BCUT2D eigenvalue weighted by molar-refractivity contribution is 5.60. The fraction of sp³-hybridized carbons (Fsp3) is 0.533. The number of hydrogen-bond acceptors (Lipinski definition) is 3. The molecule has 6 heteroatoms. The van der Waals surface area contributed by atoms with Crippen molar-refractivity contribution in [1.82, 2.24) is 5.32 Å². The molecule has 0 aliphatic rings. The van der Waals surface area contributed by atoms with Gasteiger partial charge in [0.05, 0.1) is 11.3 Å². The summed E-state index contributed by atoms with van der Waals surface area (Å²) in [5.41, 5.74) is 1.47. The molecule has 21 heavy (non-hydrogen) atoms. The van der Waals surface area contributed by atoms with Crippen molar-refractivity contribution < 1.29 is 13.2 Å². The number of halogens is 3. The first-order chi connectivity index (χ1) is 9.76. The Kier molecular flexibility index (Phi) is 6.03. The molecule has 0 unspecified atom stereocenters. The van der Waals surface area contributed by atoms with Crippen molar-refractivity contribution in [2.45, 2.75) is 39.5 Å². The zero-order valence-corrected chi connectivity index (χ0v) is 12.5. The molecule has 1 rings (SSSR count). The number of nitrogens with zero attached hydrogens (tertiary/aromatic N) is 2. The fourth-order valence-corrected chi connectivity index (χ4v) is 1.96. The number of alkyl halides is 3. The van der Waals surface area contributed by atoms with Crippen LogP contribution in [0, 0.1) is 11.3 Å². The third-order valence-corrected chi connectivity index (χ3v) is 2.99. The Labute approximate surface area is 123 Å². The minimum absolute atomic E-state index is 0.192. The molecule has 0 fully saturated rings. The second kappa shape index (κ2) is 7.32. The molecule has 0 saturated heterocycles. The Morgan fingerprint density at radius 1 is 1.33 bits per heavy atom. The summed E-state index contributed by atoms with van der Waals surface area (Å²) in [6.07, 6.45) is -4.29. The van der Waals surface area contributed by atoms with Crippen LogP contribution in [0.25, 0.3) is 0 Å². The van der Waals surface area contributed by atoms with Gasteiger partial charge in [-0.1, -0.05) is 19.9 Å². The molecule has 116 valence electrons. The molecule has 0 radical (unpaired) electrons. The van der Waals surface area contributed by atoms with Crippen molar-refractivity contribution in [3.63, 3.8) is 0 Å². The van der Waals surface area contributed by atoms with E-state index in [1.54, 1.807) is 25.1 Å². The van der Waals surface area contributed by atoms with Gasteiger partial charge in [-0.05, 0) is 24.6 Å². The summed E-state index contributed by atoms with van der Waals surface area (Å²) < 4.78 is 37.7. The van der Waals surface area contributed by atoms with Gasteiger partial charge < -0.3 is 10.2 Å². The van der Waals surface area contributed by atoms with Crippen LogP contribution in [-0.4, -0.2) is 25.3 Å². The predicted octanol–water partition coefficient (Wildman–Crippen LogP) is 3.44. The van der Waals surface area contributed by atoms with Gasteiger partial charge in [0.2, 0.25) is 0 Å². The van der Waals surface area contributed by atoms with E-state index < -0.39 is 12.7 Å². The van der Waals surface area contributed by atoms with Gasteiger partial charge in [0.15, 0.2) is 0 Å². The van der Waals surface area contributed by atoms with E-state index in [0.717, 1.165) is 10.5 Å². The Morgan fingerprint density at radius 2 is 2.00 bits per heavy atom. The van der Waals surface area contributed by atoms with Crippen LogP contribution in [0.5, 0.6) is 0 Å². The predicted molar refractivity (Wildman–Crippen MR) is 77.1 cm³/mol. The summed E-state index contributed by atoms with van der Waals surface area (Å²) >= 11 is 0. The highest BCUT2D eigenvalue weighted by Gasteiger charge is 2.31. The molecule has 1 aromatic rings. The number of anilines is 1. The number of benzene rings is 1. The molecule has 0 aromatic heterocycles. The minimum atomic E-state index is -4.29. The van der Waals surface area contributed by atoms with E-state index in [1.807, 2.05) is 19.9 Å². The maximum Gasteiger partial charge on any atom is 0.405 e. The van der Waals surface area contributed by atoms with E-state index in [1.165, 1.54) is 0 Å². The maximum atomic E-state index is 12.6. The summed E-state index contributed by atoms with van der Waals surface area (Å²) in [4.78, 5) is 1.16. The highest BCUT2D eigenvalue weighted by Crippen LogP contribution is 2.25. The Balaban J connectivity index is 2.99. The number of nitriles is 1. The van der Waals surface area contributed by atoms with E-state index in [0.29, 0.717) is 18.3 Å². The van der Waals surface area contributed by atoms with Crippen molar-refractivity contribution in [2.75, 3.05) is 18.0 Å². The molecule has 1 aromatic carbocycles. The lowest BCUT2D eigenvalue weighted by Crippen LogP contribution is -2.34. The van der Waals surface area contributed by atoms with Crippen molar-refractivity contribution in [1.29, 1.82) is 5.26 Å². The topological polar surface area (TPSA) is 39.1 Å². The van der Waals surface area contributed by atoms with Crippen molar-refractivity contribution in [3.05, 3.63) is 29.3 Å². The van der Waals surface area contributed by atoms with Gasteiger partial charge in [0.1, 0.15) is 12.6 Å². The van der Waals surface area contributed by atoms with E-state index >= 15 is 0 Å². The van der Waals surface area contributed by atoms with E-state index in [9.17, 15) is 18.4 Å². The number of hydrogen-bond donors (Lipinski definition) is 1. The van der Waals surface area contributed by atoms with Crippen molar-refractivity contribution in [2.24, 2.45) is 0 Å². The largest absolute Gasteiger partial charge is 0.405 e. The molecule has 3 nitrogen and oxygen atoms in total. The van der Waals surface area contributed by atoms with Crippen LogP contribution in [0.15, 0.2) is 18.2 Å². The van der Waals surface area contributed by atoms with Crippen molar-refractivity contribution >= 4 is 5.69 Å². The summed E-state index contributed by atoms with van der Waals surface area (Å²) in [5, 5.41) is 12.4. The smallest absolute Gasteiger partial charge is 0.362 e. The summed E-state index contributed by atoms with van der Waals surface area (Å²) in [6, 6.07) is 7.27. The monoisotopic (exact) mass is 299 g/mol. The molecule has 0 aliphatic carbocycles. The van der Waals surface area contributed by atoms with Crippen LogP contribution in [-0.2, 0) is 6.54 Å². The van der Waals surface area contributed by atoms with Crippen LogP contribution in [0.3, 0.4) is 0 Å². The summed E-state index contributed by atoms with van der Waals surface area (Å²) in [7, 11) is 0. The lowest BCUT2D eigenvalue weighted by molar-refractivity contribution is -0.119. The van der Waals surface area contributed by atoms with Gasteiger partial charge >= 0.3 is 6.18 Å². The van der Waals surface area contributed by atoms with Gasteiger partial charge in [-0.15, -0.1) is 0 Å². The Hall–Kier alpha value is -1.74. The SMILES string of the molecule is CCN(CC(F)(F)F)c1ccc(CNC(C)C)cc1C#N. The average molecular weight is 299 g/mol. The van der Waals surface area contributed by atoms with Crippen LogP contribution in [0.4, 0.5) is 18.9 Å². The molecule has 0 amide bonds. The van der Waals surface area contributed by atoms with Gasteiger partial charge in [-0.2, -0.15) is 18.4 Å². The Bertz CT molecular complexity index is 504. The van der Waals surface area contributed by atoms with Crippen LogP contribution < -0.4 is 10.2 Å². The van der Waals surface area contributed by atoms with E-state index in [2.05, 4.69) is 5.32 Å². The average Bonchev–Trinajstić information content (AvgIpc) is 2.41. The van der Waals surface area contributed by atoms with Gasteiger partial charge in [0, 0.05) is 19.1 Å². The molecule has 0 bridgehead atoms. The zero-order chi connectivity index (χ0) is 16.0. The minimum Gasteiger partial charge on any atom is -0.362 e. The van der Waals surface area contributed by atoms with Crippen molar-refractivity contribution in [3.8, 4) is 6.07 Å². The standard InChI is InChI=1S/C15H20F3N3/c1-4-21(10-15(16,17)18)14-6-5-12(7-13(14)8-19)9-20-11(2)3/h5-7,11,20H,4,9-10H2,1-3H3. The van der Waals surface area contributed by atoms with E-state index in [4.69, 9.17) is 0 Å². The van der Waals surface area contributed by atoms with Gasteiger partial charge in [-0.25, -0.2) is 0 Å². The molecule has 0 aliphatic heterocycles. The van der Waals surface area contributed by atoms with E-state index in [-0.39, 0.29) is 12.1 Å². The zero-order valence-electron chi connectivity index (χ0n) is 12.5. The normalized spacial score (nSPS) is 11.5. The van der Waals surface area contributed by atoms with Gasteiger partial charge in [-0.3, -0.25) is 0 Å². The third kappa shape index (κ3) is 5.64. The second-order valence-electron chi connectivity index (χ2n) is 5.13. The molecule has 1 N–H and O–H groups in total. The molecular formula is C15H20F3N3. The molecular weight excluding hydrogens is 279 g/mol. The first-order valence-electron chi connectivity index (χ1n) is 6.85. The third-order valence-electron chi connectivity index (χ3n) is 2.99. The summed E-state index contributed by atoms with van der Waals surface area (Å²) in [6.45, 7) is 5.36.